The molecule has 1 rings (SSSR count). The molecule has 0 spiro atoms. The smallest absolute Gasteiger partial charge is 0.120 e. The number of anilines is 1. The van der Waals surface area contributed by atoms with Crippen LogP contribution in [0.5, 0.6) is 5.75 Å². The van der Waals surface area contributed by atoms with Gasteiger partial charge in [-0.1, -0.05) is 6.07 Å². The predicted octanol–water partition coefficient (Wildman–Crippen LogP) is 1.73. The molecule has 0 amide bonds. The van der Waals surface area contributed by atoms with E-state index >= 15 is 0 Å². The van der Waals surface area contributed by atoms with Crippen LogP contribution < -0.4 is 15.4 Å². The topological polar surface area (TPSA) is 42.5 Å². The quantitative estimate of drug-likeness (QED) is 0.643. The Labute approximate surface area is 103 Å². The Morgan fingerprint density at radius 2 is 2.00 bits per heavy atom. The molecule has 1 aromatic rings. The zero-order valence-corrected chi connectivity index (χ0v) is 10.7. The lowest BCUT2D eigenvalue weighted by molar-refractivity contribution is 0.194. The zero-order chi connectivity index (χ0) is 12.3. The third-order valence-electron chi connectivity index (χ3n) is 2.40. The van der Waals surface area contributed by atoms with Crippen LogP contribution in [0.4, 0.5) is 5.69 Å². The van der Waals surface area contributed by atoms with Crippen molar-refractivity contribution in [1.29, 1.82) is 0 Å². The molecule has 0 aliphatic heterocycles. The number of rotatable bonds is 9. The summed E-state index contributed by atoms with van der Waals surface area (Å²) in [6.45, 7) is 3.66. The number of hydrogen-bond acceptors (Lipinski definition) is 4. The van der Waals surface area contributed by atoms with Gasteiger partial charge in [-0.25, -0.2) is 0 Å². The number of methoxy groups -OCH3 is 2. The highest BCUT2D eigenvalue weighted by atomic mass is 16.5. The average Bonchev–Trinajstić information content (AvgIpc) is 2.38. The van der Waals surface area contributed by atoms with Gasteiger partial charge < -0.3 is 20.1 Å². The molecule has 0 fully saturated rings. The second-order valence-corrected chi connectivity index (χ2v) is 3.76. The second kappa shape index (κ2) is 8.84. The minimum atomic E-state index is 0.816. The van der Waals surface area contributed by atoms with Crippen molar-refractivity contribution >= 4 is 5.69 Å². The highest BCUT2D eigenvalue weighted by molar-refractivity contribution is 5.48. The Morgan fingerprint density at radius 1 is 1.12 bits per heavy atom. The molecule has 0 aliphatic carbocycles. The van der Waals surface area contributed by atoms with Crippen molar-refractivity contribution in [3.8, 4) is 5.75 Å². The lowest BCUT2D eigenvalue weighted by atomic mass is 10.3. The maximum atomic E-state index is 5.16. The first-order valence-electron chi connectivity index (χ1n) is 5.94. The van der Waals surface area contributed by atoms with Crippen LogP contribution in [0.2, 0.25) is 0 Å². The van der Waals surface area contributed by atoms with Gasteiger partial charge in [-0.2, -0.15) is 0 Å². The van der Waals surface area contributed by atoms with Crippen LogP contribution in [0.15, 0.2) is 24.3 Å². The molecule has 17 heavy (non-hydrogen) atoms. The maximum Gasteiger partial charge on any atom is 0.120 e. The van der Waals surface area contributed by atoms with Crippen molar-refractivity contribution in [3.05, 3.63) is 24.3 Å². The van der Waals surface area contributed by atoms with Crippen LogP contribution in [-0.4, -0.2) is 40.5 Å². The molecule has 2 N–H and O–H groups in total. The van der Waals surface area contributed by atoms with Crippen LogP contribution in [0.25, 0.3) is 0 Å². The van der Waals surface area contributed by atoms with E-state index in [-0.39, 0.29) is 0 Å². The van der Waals surface area contributed by atoms with E-state index in [1.807, 2.05) is 24.3 Å². The molecule has 0 saturated heterocycles. The van der Waals surface area contributed by atoms with Crippen molar-refractivity contribution in [3.63, 3.8) is 0 Å². The molecule has 0 aliphatic rings. The van der Waals surface area contributed by atoms with Gasteiger partial charge >= 0.3 is 0 Å². The molecule has 0 radical (unpaired) electrons. The number of ether oxygens (including phenoxy) is 2. The minimum Gasteiger partial charge on any atom is -0.497 e. The van der Waals surface area contributed by atoms with Gasteiger partial charge in [-0.05, 0) is 25.1 Å². The normalized spacial score (nSPS) is 10.2. The summed E-state index contributed by atoms with van der Waals surface area (Å²) in [6, 6.07) is 7.94. The summed E-state index contributed by atoms with van der Waals surface area (Å²) in [4.78, 5) is 0. The van der Waals surface area contributed by atoms with E-state index in [0.717, 1.165) is 44.1 Å². The molecule has 0 unspecified atom stereocenters. The minimum absolute atomic E-state index is 0.816. The summed E-state index contributed by atoms with van der Waals surface area (Å²) in [5, 5.41) is 6.68. The molecular weight excluding hydrogens is 216 g/mol. The Balaban J connectivity index is 2.09. The fourth-order valence-corrected chi connectivity index (χ4v) is 1.49. The molecule has 4 nitrogen and oxygen atoms in total. The van der Waals surface area contributed by atoms with Crippen LogP contribution in [0.3, 0.4) is 0 Å². The highest BCUT2D eigenvalue weighted by Crippen LogP contribution is 2.15. The molecule has 0 saturated carbocycles. The summed E-state index contributed by atoms with van der Waals surface area (Å²) in [6.07, 6.45) is 1.05. The van der Waals surface area contributed by atoms with E-state index in [1.54, 1.807) is 14.2 Å². The Hall–Kier alpha value is -1.26. The van der Waals surface area contributed by atoms with Crippen LogP contribution in [0.1, 0.15) is 6.42 Å². The van der Waals surface area contributed by atoms with Gasteiger partial charge in [0.05, 0.1) is 7.11 Å². The van der Waals surface area contributed by atoms with E-state index in [2.05, 4.69) is 10.6 Å². The molecular formula is C13H22N2O2. The highest BCUT2D eigenvalue weighted by Gasteiger charge is 1.94. The number of nitrogens with one attached hydrogen (secondary N) is 2. The molecule has 0 bridgehead atoms. The van der Waals surface area contributed by atoms with Crippen LogP contribution in [0, 0.1) is 0 Å². The first-order chi connectivity index (χ1) is 8.36. The Kier molecular flexibility index (Phi) is 7.18. The fourth-order valence-electron chi connectivity index (χ4n) is 1.49. The van der Waals surface area contributed by atoms with Gasteiger partial charge in [0.25, 0.3) is 0 Å². The lowest BCUT2D eigenvalue weighted by Gasteiger charge is -2.08. The van der Waals surface area contributed by atoms with Gasteiger partial charge in [0.15, 0.2) is 0 Å². The SMILES string of the molecule is COCCCNCCNc1cccc(OC)c1. The van der Waals surface area contributed by atoms with E-state index in [4.69, 9.17) is 9.47 Å². The van der Waals surface area contributed by atoms with Gasteiger partial charge in [-0.3, -0.25) is 0 Å². The average molecular weight is 238 g/mol. The standard InChI is InChI=1S/C13H22N2O2/c1-16-10-4-7-14-8-9-15-12-5-3-6-13(11-12)17-2/h3,5-6,11,14-15H,4,7-10H2,1-2H3. The third kappa shape index (κ3) is 6.14. The number of hydrogen-bond donors (Lipinski definition) is 2. The zero-order valence-electron chi connectivity index (χ0n) is 10.7. The van der Waals surface area contributed by atoms with Crippen LogP contribution in [-0.2, 0) is 4.74 Å². The van der Waals surface area contributed by atoms with E-state index in [1.165, 1.54) is 0 Å². The van der Waals surface area contributed by atoms with Gasteiger partial charge in [0.2, 0.25) is 0 Å². The molecule has 96 valence electrons. The molecule has 0 atom stereocenters. The first-order valence-corrected chi connectivity index (χ1v) is 5.94. The first kappa shape index (κ1) is 13.8. The Morgan fingerprint density at radius 3 is 2.76 bits per heavy atom. The van der Waals surface area contributed by atoms with Gasteiger partial charge in [-0.15, -0.1) is 0 Å². The molecule has 0 aromatic heterocycles. The Bertz CT molecular complexity index is 305. The summed E-state index contributed by atoms with van der Waals surface area (Å²) in [5.41, 5.74) is 1.09. The monoisotopic (exact) mass is 238 g/mol. The van der Waals surface area contributed by atoms with Crippen molar-refractivity contribution in [2.45, 2.75) is 6.42 Å². The fraction of sp³-hybridized carbons (Fsp3) is 0.538. The van der Waals surface area contributed by atoms with Gasteiger partial charge in [0, 0.05) is 38.6 Å². The van der Waals surface area contributed by atoms with Gasteiger partial charge in [0.1, 0.15) is 5.75 Å². The number of benzene rings is 1. The summed E-state index contributed by atoms with van der Waals surface area (Å²) in [7, 11) is 3.40. The van der Waals surface area contributed by atoms with Crippen molar-refractivity contribution in [2.75, 3.05) is 45.8 Å². The van der Waals surface area contributed by atoms with E-state index < -0.39 is 0 Å². The second-order valence-electron chi connectivity index (χ2n) is 3.76. The third-order valence-corrected chi connectivity index (χ3v) is 2.40. The van der Waals surface area contributed by atoms with E-state index in [9.17, 15) is 0 Å². The van der Waals surface area contributed by atoms with Crippen molar-refractivity contribution in [1.82, 2.24) is 5.32 Å². The van der Waals surface area contributed by atoms with Crippen LogP contribution >= 0.6 is 0 Å². The van der Waals surface area contributed by atoms with Crippen molar-refractivity contribution in [2.24, 2.45) is 0 Å². The van der Waals surface area contributed by atoms with E-state index in [0.29, 0.717) is 0 Å². The maximum absolute atomic E-state index is 5.16. The lowest BCUT2D eigenvalue weighted by Crippen LogP contribution is -2.23. The summed E-state index contributed by atoms with van der Waals surface area (Å²) >= 11 is 0. The molecule has 0 heterocycles. The molecule has 4 heteroatoms. The van der Waals surface area contributed by atoms with Crippen molar-refractivity contribution < 1.29 is 9.47 Å². The largest absolute Gasteiger partial charge is 0.497 e. The predicted molar refractivity (Wildman–Crippen MR) is 70.8 cm³/mol. The molecule has 1 aromatic carbocycles. The summed E-state index contributed by atoms with van der Waals surface area (Å²) < 4.78 is 10.1. The summed E-state index contributed by atoms with van der Waals surface area (Å²) in [5.74, 6) is 0.878.